The van der Waals surface area contributed by atoms with Crippen molar-refractivity contribution in [1.29, 1.82) is 0 Å². The lowest BCUT2D eigenvalue weighted by atomic mass is 10.2. The number of rotatable bonds is 6. The van der Waals surface area contributed by atoms with E-state index in [0.29, 0.717) is 44.4 Å². The van der Waals surface area contributed by atoms with Gasteiger partial charge in [0.05, 0.1) is 28.6 Å². The number of benzene rings is 3. The SMILES string of the molecule is COc1cc(/C=C2/SC(=O)NC2=O)ccc1OCc1nc2ccccc2c(=O)n1-c1cccc(Br)c1. The van der Waals surface area contributed by atoms with Crippen LogP contribution in [0.15, 0.2) is 80.9 Å². The Hall–Kier alpha value is -3.89. The first-order valence-corrected chi connectivity index (χ1v) is 12.4. The normalized spacial score (nSPS) is 14.3. The van der Waals surface area contributed by atoms with Crippen LogP contribution in [0, 0.1) is 0 Å². The fourth-order valence-electron chi connectivity index (χ4n) is 3.76. The average Bonchev–Trinajstić information content (AvgIpc) is 3.19. The van der Waals surface area contributed by atoms with E-state index >= 15 is 0 Å². The molecular formula is C26H18BrN3O5S. The van der Waals surface area contributed by atoms with Gasteiger partial charge in [0.15, 0.2) is 17.3 Å². The topological polar surface area (TPSA) is 99.5 Å². The highest BCUT2D eigenvalue weighted by molar-refractivity contribution is 9.10. The van der Waals surface area contributed by atoms with E-state index in [0.717, 1.165) is 16.2 Å². The van der Waals surface area contributed by atoms with Crippen molar-refractivity contribution in [2.75, 3.05) is 7.11 Å². The summed E-state index contributed by atoms with van der Waals surface area (Å²) in [4.78, 5) is 41.7. The van der Waals surface area contributed by atoms with Gasteiger partial charge in [0, 0.05) is 4.47 Å². The maximum atomic E-state index is 13.4. The van der Waals surface area contributed by atoms with Crippen LogP contribution in [0.1, 0.15) is 11.4 Å². The van der Waals surface area contributed by atoms with Crippen LogP contribution in [0.3, 0.4) is 0 Å². The largest absolute Gasteiger partial charge is 0.493 e. The van der Waals surface area contributed by atoms with Gasteiger partial charge in [-0.1, -0.05) is 40.2 Å². The Morgan fingerprint density at radius 2 is 1.86 bits per heavy atom. The molecule has 1 saturated heterocycles. The van der Waals surface area contributed by atoms with Crippen LogP contribution < -0.4 is 20.3 Å². The summed E-state index contributed by atoms with van der Waals surface area (Å²) in [6.45, 7) is -0.00383. The summed E-state index contributed by atoms with van der Waals surface area (Å²) in [5.74, 6) is 0.846. The van der Waals surface area contributed by atoms with E-state index < -0.39 is 11.1 Å². The van der Waals surface area contributed by atoms with Crippen LogP contribution in [-0.4, -0.2) is 27.8 Å². The van der Waals surface area contributed by atoms with Crippen LogP contribution >= 0.6 is 27.7 Å². The molecule has 2 amide bonds. The molecule has 1 fully saturated rings. The molecule has 2 heterocycles. The van der Waals surface area contributed by atoms with Crippen molar-refractivity contribution in [2.24, 2.45) is 0 Å². The molecule has 5 rings (SSSR count). The molecule has 180 valence electrons. The number of imide groups is 1. The van der Waals surface area contributed by atoms with Gasteiger partial charge in [-0.25, -0.2) is 4.98 Å². The lowest BCUT2D eigenvalue weighted by Crippen LogP contribution is -2.25. The monoisotopic (exact) mass is 563 g/mol. The highest BCUT2D eigenvalue weighted by Crippen LogP contribution is 2.32. The number of ether oxygens (including phenoxy) is 2. The second-order valence-electron chi connectivity index (χ2n) is 7.72. The predicted molar refractivity (Wildman–Crippen MR) is 141 cm³/mol. The van der Waals surface area contributed by atoms with Crippen LogP contribution in [0.5, 0.6) is 11.5 Å². The molecule has 8 nitrogen and oxygen atoms in total. The van der Waals surface area contributed by atoms with Crippen LogP contribution in [0.2, 0.25) is 0 Å². The van der Waals surface area contributed by atoms with Gasteiger partial charge in [-0.3, -0.25) is 24.3 Å². The third kappa shape index (κ3) is 4.77. The molecule has 0 radical (unpaired) electrons. The lowest BCUT2D eigenvalue weighted by Gasteiger charge is -2.16. The second-order valence-corrected chi connectivity index (χ2v) is 9.65. The zero-order valence-electron chi connectivity index (χ0n) is 18.9. The Bertz CT molecular complexity index is 1620. The number of fused-ring (bicyclic) bond motifs is 1. The number of nitrogens with one attached hydrogen (secondary N) is 1. The zero-order valence-corrected chi connectivity index (χ0v) is 21.3. The number of para-hydroxylation sites is 1. The Morgan fingerprint density at radius 3 is 2.61 bits per heavy atom. The molecular weight excluding hydrogens is 546 g/mol. The summed E-state index contributed by atoms with van der Waals surface area (Å²) in [5, 5.41) is 2.33. The van der Waals surface area contributed by atoms with Gasteiger partial charge in [-0.2, -0.15) is 0 Å². The van der Waals surface area contributed by atoms with Gasteiger partial charge in [0.1, 0.15) is 6.61 Å². The zero-order chi connectivity index (χ0) is 25.2. The average molecular weight is 564 g/mol. The van der Waals surface area contributed by atoms with E-state index in [1.807, 2.05) is 30.3 Å². The maximum Gasteiger partial charge on any atom is 0.290 e. The molecule has 4 aromatic rings. The third-order valence-corrected chi connectivity index (χ3v) is 6.70. The minimum absolute atomic E-state index is 0.00383. The van der Waals surface area contributed by atoms with E-state index in [4.69, 9.17) is 14.5 Å². The molecule has 0 aliphatic carbocycles. The van der Waals surface area contributed by atoms with E-state index in [2.05, 4.69) is 21.2 Å². The summed E-state index contributed by atoms with van der Waals surface area (Å²) >= 11 is 4.31. The molecule has 36 heavy (non-hydrogen) atoms. The van der Waals surface area contributed by atoms with Crippen molar-refractivity contribution in [2.45, 2.75) is 6.61 Å². The number of methoxy groups -OCH3 is 1. The number of hydrogen-bond donors (Lipinski definition) is 1. The second kappa shape index (κ2) is 10.00. The lowest BCUT2D eigenvalue weighted by molar-refractivity contribution is -0.115. The molecule has 0 spiro atoms. The number of carbonyl (C=O) groups is 2. The molecule has 10 heteroatoms. The fourth-order valence-corrected chi connectivity index (χ4v) is 4.83. The summed E-state index contributed by atoms with van der Waals surface area (Å²) < 4.78 is 13.9. The number of hydrogen-bond acceptors (Lipinski definition) is 7. The van der Waals surface area contributed by atoms with Gasteiger partial charge in [-0.05, 0) is 65.9 Å². The first-order chi connectivity index (χ1) is 17.4. The number of amides is 2. The molecule has 0 bridgehead atoms. The van der Waals surface area contributed by atoms with Crippen LogP contribution in [-0.2, 0) is 11.4 Å². The predicted octanol–water partition coefficient (Wildman–Crippen LogP) is 5.06. The summed E-state index contributed by atoms with van der Waals surface area (Å²) in [6.07, 6.45) is 1.60. The van der Waals surface area contributed by atoms with E-state index in [1.54, 1.807) is 42.5 Å². The van der Waals surface area contributed by atoms with Crippen molar-refractivity contribution < 1.29 is 19.1 Å². The molecule has 0 unspecified atom stereocenters. The minimum atomic E-state index is -0.433. The summed E-state index contributed by atoms with van der Waals surface area (Å²) in [6, 6.07) is 19.7. The number of carbonyl (C=O) groups excluding carboxylic acids is 2. The van der Waals surface area contributed by atoms with Crippen molar-refractivity contribution in [3.63, 3.8) is 0 Å². The van der Waals surface area contributed by atoms with Gasteiger partial charge < -0.3 is 9.47 Å². The molecule has 1 N–H and O–H groups in total. The summed E-state index contributed by atoms with van der Waals surface area (Å²) in [7, 11) is 1.51. The quantitative estimate of drug-likeness (QED) is 0.327. The smallest absolute Gasteiger partial charge is 0.290 e. The van der Waals surface area contributed by atoms with Gasteiger partial charge in [-0.15, -0.1) is 0 Å². The Labute approximate surface area is 218 Å². The number of nitrogens with zero attached hydrogens (tertiary/aromatic N) is 2. The van der Waals surface area contributed by atoms with Crippen molar-refractivity contribution in [3.8, 4) is 17.2 Å². The summed E-state index contributed by atoms with van der Waals surface area (Å²) in [5.41, 5.74) is 1.69. The fraction of sp³-hybridized carbons (Fsp3) is 0.0769. The van der Waals surface area contributed by atoms with Crippen molar-refractivity contribution >= 4 is 55.8 Å². The van der Waals surface area contributed by atoms with Crippen molar-refractivity contribution in [3.05, 3.63) is 97.8 Å². The Kier molecular flexibility index (Phi) is 6.62. The first kappa shape index (κ1) is 23.8. The first-order valence-electron chi connectivity index (χ1n) is 10.8. The minimum Gasteiger partial charge on any atom is -0.493 e. The standard InChI is InChI=1S/C26H18BrN3O5S/c1-34-21-11-15(12-22-24(31)29-26(33)36-22)9-10-20(21)35-14-23-28-19-8-3-2-7-18(19)25(32)30(23)17-6-4-5-16(27)13-17/h2-13H,14H2,1H3,(H,29,31,33)/b22-12+. The van der Waals surface area contributed by atoms with E-state index in [1.165, 1.54) is 11.7 Å². The number of halogens is 1. The number of aromatic nitrogens is 2. The molecule has 0 saturated carbocycles. The number of thioether (sulfide) groups is 1. The highest BCUT2D eigenvalue weighted by Gasteiger charge is 2.25. The van der Waals surface area contributed by atoms with Crippen molar-refractivity contribution in [1.82, 2.24) is 14.9 Å². The molecule has 1 aliphatic heterocycles. The van der Waals surface area contributed by atoms with Crippen LogP contribution in [0.4, 0.5) is 4.79 Å². The molecule has 0 atom stereocenters. The van der Waals surface area contributed by atoms with Gasteiger partial charge in [0.25, 0.3) is 16.7 Å². The van der Waals surface area contributed by atoms with E-state index in [9.17, 15) is 14.4 Å². The van der Waals surface area contributed by atoms with E-state index in [-0.39, 0.29) is 12.2 Å². The van der Waals surface area contributed by atoms with Gasteiger partial charge in [0.2, 0.25) is 0 Å². The maximum absolute atomic E-state index is 13.4. The Balaban J connectivity index is 1.50. The molecule has 1 aromatic heterocycles. The Morgan fingerprint density at radius 1 is 1.03 bits per heavy atom. The third-order valence-electron chi connectivity index (χ3n) is 5.40. The molecule has 3 aromatic carbocycles. The highest BCUT2D eigenvalue weighted by atomic mass is 79.9. The van der Waals surface area contributed by atoms with Crippen LogP contribution in [0.25, 0.3) is 22.7 Å². The van der Waals surface area contributed by atoms with Gasteiger partial charge >= 0.3 is 0 Å². The molecule has 1 aliphatic rings.